The van der Waals surface area contributed by atoms with Crippen LogP contribution >= 0.6 is 0 Å². The van der Waals surface area contributed by atoms with Crippen LogP contribution in [-0.2, 0) is 14.3 Å². The Kier molecular flexibility index (Phi) is 7.59. The van der Waals surface area contributed by atoms with Crippen molar-refractivity contribution in [2.45, 2.75) is 46.0 Å². The summed E-state index contributed by atoms with van der Waals surface area (Å²) in [4.78, 5) is 12.6. The van der Waals surface area contributed by atoms with Crippen LogP contribution < -0.4 is 10.5 Å². The average Bonchev–Trinajstić information content (AvgIpc) is 2.65. The number of rotatable bonds is 8. The minimum absolute atomic E-state index is 0.0239. The van der Waals surface area contributed by atoms with E-state index >= 15 is 0 Å². The lowest BCUT2D eigenvalue weighted by molar-refractivity contribution is -0.139. The smallest absolute Gasteiger partial charge is 0.338 e. The third-order valence-corrected chi connectivity index (χ3v) is 4.44. The fourth-order valence-electron chi connectivity index (χ4n) is 3.14. The summed E-state index contributed by atoms with van der Waals surface area (Å²) in [6.07, 6.45) is 2.48. The maximum absolute atomic E-state index is 14.6. The number of carbonyl (C=O) groups excluding carboxylic acids is 1. The lowest BCUT2D eigenvalue weighted by Crippen LogP contribution is -2.26. The molecule has 29 heavy (non-hydrogen) atoms. The summed E-state index contributed by atoms with van der Waals surface area (Å²) < 4.78 is 44.7. The van der Waals surface area contributed by atoms with E-state index in [1.807, 2.05) is 13.0 Å². The van der Waals surface area contributed by atoms with Crippen LogP contribution in [0.5, 0.6) is 5.75 Å². The normalized spacial score (nSPS) is 16.3. The molecule has 8 heteroatoms. The zero-order chi connectivity index (χ0) is 21.6. The van der Waals surface area contributed by atoms with Gasteiger partial charge in [0.25, 0.3) is 0 Å². The van der Waals surface area contributed by atoms with E-state index in [0.717, 1.165) is 18.9 Å². The Morgan fingerprint density at radius 1 is 1.31 bits per heavy atom. The molecule has 1 unspecified atom stereocenters. The van der Waals surface area contributed by atoms with Gasteiger partial charge < -0.3 is 19.9 Å². The fraction of sp³-hybridized carbons (Fsp3) is 0.429. The van der Waals surface area contributed by atoms with Gasteiger partial charge in [-0.1, -0.05) is 19.8 Å². The van der Waals surface area contributed by atoms with Gasteiger partial charge in [0.15, 0.2) is 11.6 Å². The van der Waals surface area contributed by atoms with Gasteiger partial charge >= 0.3 is 5.97 Å². The first-order chi connectivity index (χ1) is 13.8. The standard InChI is InChI=1S/C21H24F2N2O4/c1-4-6-7-8-28-19-14(9-13(22)10-16(19)23)18-15(11-24)20(25)29-12(3)17(18)21(26)27-5-2/h9-10,18H,4-8,25H2,1-3H3. The monoisotopic (exact) mass is 406 g/mol. The molecule has 2 rings (SSSR count). The van der Waals surface area contributed by atoms with Crippen LogP contribution in [0.4, 0.5) is 8.78 Å². The van der Waals surface area contributed by atoms with Crippen molar-refractivity contribution < 1.29 is 27.8 Å². The Labute approximate surface area is 168 Å². The lowest BCUT2D eigenvalue weighted by atomic mass is 9.82. The van der Waals surface area contributed by atoms with Crippen LogP contribution in [0.2, 0.25) is 0 Å². The first-order valence-corrected chi connectivity index (χ1v) is 9.42. The number of nitrogens with zero attached hydrogens (tertiary/aromatic N) is 1. The molecule has 1 aliphatic heterocycles. The van der Waals surface area contributed by atoms with Crippen molar-refractivity contribution in [3.63, 3.8) is 0 Å². The number of unbranched alkanes of at least 4 members (excludes halogenated alkanes) is 2. The fourth-order valence-corrected chi connectivity index (χ4v) is 3.14. The van der Waals surface area contributed by atoms with Crippen molar-refractivity contribution in [1.29, 1.82) is 5.26 Å². The first kappa shape index (κ1) is 22.2. The van der Waals surface area contributed by atoms with Gasteiger partial charge in [0.1, 0.15) is 23.2 Å². The molecule has 0 saturated carbocycles. The van der Waals surface area contributed by atoms with Crippen molar-refractivity contribution >= 4 is 5.97 Å². The largest absolute Gasteiger partial charge is 0.490 e. The van der Waals surface area contributed by atoms with Gasteiger partial charge in [0, 0.05) is 11.6 Å². The van der Waals surface area contributed by atoms with Crippen LogP contribution in [-0.4, -0.2) is 19.2 Å². The number of ether oxygens (including phenoxy) is 3. The van der Waals surface area contributed by atoms with E-state index in [4.69, 9.17) is 19.9 Å². The molecule has 0 saturated heterocycles. The lowest BCUT2D eigenvalue weighted by Gasteiger charge is -2.28. The van der Waals surface area contributed by atoms with Crippen LogP contribution in [0.25, 0.3) is 0 Å². The van der Waals surface area contributed by atoms with Gasteiger partial charge in [-0.3, -0.25) is 0 Å². The molecule has 0 fully saturated rings. The molecule has 1 aromatic carbocycles. The van der Waals surface area contributed by atoms with Gasteiger partial charge in [-0.2, -0.15) is 5.26 Å². The minimum Gasteiger partial charge on any atom is -0.490 e. The van der Waals surface area contributed by atoms with Crippen molar-refractivity contribution in [1.82, 2.24) is 0 Å². The molecule has 0 amide bonds. The molecule has 0 bridgehead atoms. The summed E-state index contributed by atoms with van der Waals surface area (Å²) in [5.74, 6) is -4.14. The second kappa shape index (κ2) is 9.92. The van der Waals surface area contributed by atoms with Gasteiger partial charge in [0.2, 0.25) is 5.88 Å². The summed E-state index contributed by atoms with van der Waals surface area (Å²) in [6, 6.07) is 3.60. The van der Waals surface area contributed by atoms with Gasteiger partial charge in [-0.25, -0.2) is 13.6 Å². The zero-order valence-corrected chi connectivity index (χ0v) is 16.7. The molecule has 1 aliphatic rings. The van der Waals surface area contributed by atoms with Crippen LogP contribution in [0.1, 0.15) is 51.5 Å². The van der Waals surface area contributed by atoms with Gasteiger partial charge in [-0.15, -0.1) is 0 Å². The highest BCUT2D eigenvalue weighted by Crippen LogP contribution is 2.44. The summed E-state index contributed by atoms with van der Waals surface area (Å²) >= 11 is 0. The van der Waals surface area contributed by atoms with E-state index in [1.54, 1.807) is 6.92 Å². The van der Waals surface area contributed by atoms with E-state index < -0.39 is 23.5 Å². The van der Waals surface area contributed by atoms with Crippen LogP contribution in [0.3, 0.4) is 0 Å². The molecule has 2 N–H and O–H groups in total. The molecular formula is C21H24F2N2O4. The van der Waals surface area contributed by atoms with Gasteiger partial charge in [0.05, 0.1) is 24.7 Å². The predicted octanol–water partition coefficient (Wildman–Crippen LogP) is 4.18. The number of allylic oxidation sites excluding steroid dienone is 2. The highest BCUT2D eigenvalue weighted by atomic mass is 19.1. The molecule has 156 valence electrons. The number of benzene rings is 1. The Hall–Kier alpha value is -3.08. The van der Waals surface area contributed by atoms with E-state index in [9.17, 15) is 18.8 Å². The second-order valence-corrected chi connectivity index (χ2v) is 6.48. The molecule has 0 radical (unpaired) electrons. The van der Waals surface area contributed by atoms with Crippen molar-refractivity contribution in [3.05, 3.63) is 52.1 Å². The molecule has 0 aromatic heterocycles. The molecule has 6 nitrogen and oxygen atoms in total. The Bertz CT molecular complexity index is 887. The van der Waals surface area contributed by atoms with Crippen molar-refractivity contribution in [3.8, 4) is 11.8 Å². The minimum atomic E-state index is -1.18. The molecule has 0 aliphatic carbocycles. The average molecular weight is 406 g/mol. The number of esters is 1. The van der Waals surface area contributed by atoms with E-state index in [0.29, 0.717) is 12.5 Å². The third-order valence-electron chi connectivity index (χ3n) is 4.44. The van der Waals surface area contributed by atoms with E-state index in [-0.39, 0.29) is 47.3 Å². The Balaban J connectivity index is 2.64. The summed E-state index contributed by atoms with van der Waals surface area (Å²) in [5.41, 5.74) is 5.60. The molecule has 1 heterocycles. The summed E-state index contributed by atoms with van der Waals surface area (Å²) in [7, 11) is 0. The quantitative estimate of drug-likeness (QED) is 0.514. The second-order valence-electron chi connectivity index (χ2n) is 6.48. The molecule has 1 aromatic rings. The maximum Gasteiger partial charge on any atom is 0.338 e. The van der Waals surface area contributed by atoms with Crippen LogP contribution in [0.15, 0.2) is 34.9 Å². The number of carbonyl (C=O) groups is 1. The Morgan fingerprint density at radius 2 is 2.03 bits per heavy atom. The maximum atomic E-state index is 14.6. The Morgan fingerprint density at radius 3 is 2.66 bits per heavy atom. The third kappa shape index (κ3) is 4.86. The first-order valence-electron chi connectivity index (χ1n) is 9.42. The number of nitriles is 1. The van der Waals surface area contributed by atoms with E-state index in [1.165, 1.54) is 6.92 Å². The summed E-state index contributed by atoms with van der Waals surface area (Å²) in [6.45, 7) is 5.37. The number of hydrogen-bond acceptors (Lipinski definition) is 6. The summed E-state index contributed by atoms with van der Waals surface area (Å²) in [5, 5.41) is 9.61. The number of hydrogen-bond donors (Lipinski definition) is 1. The highest BCUT2D eigenvalue weighted by Gasteiger charge is 2.39. The number of halogens is 2. The SMILES string of the molecule is CCCCCOc1c(F)cc(F)cc1C1C(C#N)=C(N)OC(C)=C1C(=O)OCC. The van der Waals surface area contributed by atoms with Crippen molar-refractivity contribution in [2.75, 3.05) is 13.2 Å². The van der Waals surface area contributed by atoms with Crippen molar-refractivity contribution in [2.24, 2.45) is 5.73 Å². The molecular weight excluding hydrogens is 382 g/mol. The zero-order valence-electron chi connectivity index (χ0n) is 16.7. The number of nitrogens with two attached hydrogens (primary N) is 1. The highest BCUT2D eigenvalue weighted by molar-refractivity contribution is 5.92. The molecule has 0 spiro atoms. The van der Waals surface area contributed by atoms with Crippen LogP contribution in [0, 0.1) is 23.0 Å². The van der Waals surface area contributed by atoms with E-state index in [2.05, 4.69) is 0 Å². The topological polar surface area (TPSA) is 94.6 Å². The predicted molar refractivity (Wildman–Crippen MR) is 101 cm³/mol. The molecule has 1 atom stereocenters. The van der Waals surface area contributed by atoms with Gasteiger partial charge in [-0.05, 0) is 26.3 Å².